The molecule has 0 spiro atoms. The zero-order valence-electron chi connectivity index (χ0n) is 10.6. The predicted molar refractivity (Wildman–Crippen MR) is 66.7 cm³/mol. The highest BCUT2D eigenvalue weighted by atomic mass is 16.2. The van der Waals surface area contributed by atoms with Crippen LogP contribution in [0.2, 0.25) is 0 Å². The zero-order chi connectivity index (χ0) is 13.0. The van der Waals surface area contributed by atoms with Gasteiger partial charge in [-0.2, -0.15) is 10.4 Å². The monoisotopic (exact) mass is 246 g/mol. The van der Waals surface area contributed by atoms with E-state index < -0.39 is 5.54 Å². The molecule has 1 aromatic rings. The Morgan fingerprint density at radius 1 is 1.44 bits per heavy atom. The average molecular weight is 246 g/mol. The molecular weight excluding hydrogens is 228 g/mol. The molecule has 0 aliphatic heterocycles. The lowest BCUT2D eigenvalue weighted by molar-refractivity contribution is 0.0903. The van der Waals surface area contributed by atoms with Crippen molar-refractivity contribution in [2.75, 3.05) is 0 Å². The summed E-state index contributed by atoms with van der Waals surface area (Å²) >= 11 is 0. The number of nitrogens with zero attached hydrogens (tertiary/aromatic N) is 3. The minimum absolute atomic E-state index is 0.210. The number of nitriles is 1. The maximum Gasteiger partial charge on any atom is 0.270 e. The van der Waals surface area contributed by atoms with E-state index in [1.54, 1.807) is 19.3 Å². The number of nitrogens with one attached hydrogen (secondary N) is 1. The Labute approximate surface area is 107 Å². The quantitative estimate of drug-likeness (QED) is 0.808. The first-order chi connectivity index (χ1) is 8.67. The molecule has 2 rings (SSSR count). The number of hydrogen-bond donors (Lipinski definition) is 1. The van der Waals surface area contributed by atoms with Gasteiger partial charge < -0.3 is 5.32 Å². The molecule has 1 fully saturated rings. The van der Waals surface area contributed by atoms with Crippen molar-refractivity contribution >= 4 is 5.91 Å². The molecule has 0 unspecified atom stereocenters. The molecule has 5 nitrogen and oxygen atoms in total. The van der Waals surface area contributed by atoms with E-state index in [0.29, 0.717) is 5.69 Å². The normalized spacial score (nSPS) is 18.7. The number of aromatic nitrogens is 2. The summed E-state index contributed by atoms with van der Waals surface area (Å²) < 4.78 is 1.52. The SMILES string of the molecule is Cn1nccc1C(=O)NC1(C#N)CCCCCC1. The van der Waals surface area contributed by atoms with Crippen molar-refractivity contribution in [2.45, 2.75) is 44.1 Å². The molecule has 1 aromatic heterocycles. The minimum Gasteiger partial charge on any atom is -0.332 e. The number of amides is 1. The molecule has 1 amide bonds. The van der Waals surface area contributed by atoms with Gasteiger partial charge in [0.25, 0.3) is 5.91 Å². The van der Waals surface area contributed by atoms with Crippen LogP contribution in [-0.4, -0.2) is 21.2 Å². The van der Waals surface area contributed by atoms with E-state index in [-0.39, 0.29) is 5.91 Å². The molecule has 1 N–H and O–H groups in total. The van der Waals surface area contributed by atoms with Gasteiger partial charge in [0, 0.05) is 13.2 Å². The number of rotatable bonds is 2. The van der Waals surface area contributed by atoms with Crippen molar-refractivity contribution in [3.05, 3.63) is 18.0 Å². The van der Waals surface area contributed by atoms with Crippen LogP contribution in [0.15, 0.2) is 12.3 Å². The highest BCUT2D eigenvalue weighted by Crippen LogP contribution is 2.26. The summed E-state index contributed by atoms with van der Waals surface area (Å²) in [4.78, 5) is 12.1. The first kappa shape index (κ1) is 12.6. The maximum absolute atomic E-state index is 12.1. The summed E-state index contributed by atoms with van der Waals surface area (Å²) in [6.07, 6.45) is 7.36. The highest BCUT2D eigenvalue weighted by molar-refractivity contribution is 5.93. The van der Waals surface area contributed by atoms with E-state index in [2.05, 4.69) is 16.5 Å². The van der Waals surface area contributed by atoms with E-state index in [1.165, 1.54) is 4.68 Å². The van der Waals surface area contributed by atoms with E-state index in [4.69, 9.17) is 0 Å². The second-order valence-electron chi connectivity index (χ2n) is 4.90. The topological polar surface area (TPSA) is 70.7 Å². The lowest BCUT2D eigenvalue weighted by Crippen LogP contribution is -2.47. The Hall–Kier alpha value is -1.83. The number of carbonyl (C=O) groups is 1. The minimum atomic E-state index is -0.697. The molecule has 0 bridgehead atoms. The van der Waals surface area contributed by atoms with Crippen molar-refractivity contribution in [3.8, 4) is 6.07 Å². The smallest absolute Gasteiger partial charge is 0.270 e. The molecule has 1 aliphatic carbocycles. The summed E-state index contributed by atoms with van der Waals surface area (Å²) in [5, 5.41) is 16.3. The van der Waals surface area contributed by atoms with Crippen molar-refractivity contribution in [2.24, 2.45) is 7.05 Å². The zero-order valence-corrected chi connectivity index (χ0v) is 10.6. The molecule has 0 radical (unpaired) electrons. The predicted octanol–water partition coefficient (Wildman–Crippen LogP) is 1.77. The Balaban J connectivity index is 2.13. The lowest BCUT2D eigenvalue weighted by Gasteiger charge is -2.26. The Bertz CT molecular complexity index is 464. The van der Waals surface area contributed by atoms with Crippen molar-refractivity contribution < 1.29 is 4.79 Å². The summed E-state index contributed by atoms with van der Waals surface area (Å²) in [7, 11) is 1.72. The second kappa shape index (κ2) is 5.21. The maximum atomic E-state index is 12.1. The van der Waals surface area contributed by atoms with Crippen molar-refractivity contribution in [1.82, 2.24) is 15.1 Å². The standard InChI is InChI=1S/C13H18N4O/c1-17-11(6-9-15-17)12(18)16-13(10-14)7-4-2-3-5-8-13/h6,9H,2-5,7-8H2,1H3,(H,16,18). The molecule has 0 saturated heterocycles. The highest BCUT2D eigenvalue weighted by Gasteiger charge is 2.33. The fourth-order valence-electron chi connectivity index (χ4n) is 2.47. The van der Waals surface area contributed by atoms with Gasteiger partial charge in [-0.3, -0.25) is 9.48 Å². The van der Waals surface area contributed by atoms with Gasteiger partial charge in [0.2, 0.25) is 0 Å². The van der Waals surface area contributed by atoms with Gasteiger partial charge in [-0.25, -0.2) is 0 Å². The van der Waals surface area contributed by atoms with Gasteiger partial charge in [-0.05, 0) is 18.9 Å². The Kier molecular flexibility index (Phi) is 3.66. The van der Waals surface area contributed by atoms with Crippen LogP contribution < -0.4 is 5.32 Å². The summed E-state index contributed by atoms with van der Waals surface area (Å²) in [5.41, 5.74) is -0.202. The summed E-state index contributed by atoms with van der Waals surface area (Å²) in [6.45, 7) is 0. The van der Waals surface area contributed by atoms with Gasteiger partial charge in [0.15, 0.2) is 0 Å². The number of hydrogen-bond acceptors (Lipinski definition) is 3. The van der Waals surface area contributed by atoms with Crippen LogP contribution in [0.3, 0.4) is 0 Å². The Morgan fingerprint density at radius 3 is 2.61 bits per heavy atom. The molecule has 1 heterocycles. The van der Waals surface area contributed by atoms with Crippen LogP contribution in [0.25, 0.3) is 0 Å². The van der Waals surface area contributed by atoms with E-state index in [0.717, 1.165) is 38.5 Å². The third kappa shape index (κ3) is 2.53. The first-order valence-corrected chi connectivity index (χ1v) is 6.39. The van der Waals surface area contributed by atoms with Gasteiger partial charge in [0.1, 0.15) is 11.2 Å². The van der Waals surface area contributed by atoms with E-state index in [1.807, 2.05) is 0 Å². The van der Waals surface area contributed by atoms with Crippen molar-refractivity contribution in [3.63, 3.8) is 0 Å². The van der Waals surface area contributed by atoms with Crippen LogP contribution in [0, 0.1) is 11.3 Å². The average Bonchev–Trinajstić information content (AvgIpc) is 2.66. The van der Waals surface area contributed by atoms with Crippen molar-refractivity contribution in [1.29, 1.82) is 5.26 Å². The fraction of sp³-hybridized carbons (Fsp3) is 0.615. The molecule has 0 atom stereocenters. The Morgan fingerprint density at radius 2 is 2.11 bits per heavy atom. The third-order valence-electron chi connectivity index (χ3n) is 3.58. The van der Waals surface area contributed by atoms with E-state index >= 15 is 0 Å². The molecule has 1 saturated carbocycles. The fourth-order valence-corrected chi connectivity index (χ4v) is 2.47. The van der Waals surface area contributed by atoms with Crippen LogP contribution >= 0.6 is 0 Å². The molecule has 18 heavy (non-hydrogen) atoms. The van der Waals surface area contributed by atoms with Crippen LogP contribution in [0.4, 0.5) is 0 Å². The van der Waals surface area contributed by atoms with Crippen LogP contribution in [0.1, 0.15) is 49.0 Å². The molecular formula is C13H18N4O. The third-order valence-corrected chi connectivity index (χ3v) is 3.58. The first-order valence-electron chi connectivity index (χ1n) is 6.39. The second-order valence-corrected chi connectivity index (χ2v) is 4.90. The molecule has 5 heteroatoms. The number of aryl methyl sites for hydroxylation is 1. The molecule has 0 aromatic carbocycles. The summed E-state index contributed by atoms with van der Waals surface area (Å²) in [6, 6.07) is 3.97. The van der Waals surface area contributed by atoms with Gasteiger partial charge in [0.05, 0.1) is 6.07 Å². The summed E-state index contributed by atoms with van der Waals surface area (Å²) in [5.74, 6) is -0.210. The van der Waals surface area contributed by atoms with Crippen LogP contribution in [-0.2, 0) is 7.05 Å². The molecule has 1 aliphatic rings. The van der Waals surface area contributed by atoms with Gasteiger partial charge >= 0.3 is 0 Å². The van der Waals surface area contributed by atoms with E-state index in [9.17, 15) is 10.1 Å². The van der Waals surface area contributed by atoms with Crippen LogP contribution in [0.5, 0.6) is 0 Å². The largest absolute Gasteiger partial charge is 0.332 e. The molecule has 96 valence electrons. The lowest BCUT2D eigenvalue weighted by atomic mass is 9.91. The van der Waals surface area contributed by atoms with Gasteiger partial charge in [-0.15, -0.1) is 0 Å². The van der Waals surface area contributed by atoms with Gasteiger partial charge in [-0.1, -0.05) is 25.7 Å². The number of carbonyl (C=O) groups excluding carboxylic acids is 1.